The van der Waals surface area contributed by atoms with Crippen LogP contribution in [0, 0.1) is 5.92 Å². The molecule has 1 aliphatic heterocycles. The van der Waals surface area contributed by atoms with Crippen LogP contribution < -0.4 is 11.2 Å². The number of hydrogen-bond acceptors (Lipinski definition) is 5. The van der Waals surface area contributed by atoms with Crippen molar-refractivity contribution in [3.63, 3.8) is 0 Å². The van der Waals surface area contributed by atoms with E-state index in [0.29, 0.717) is 0 Å². The maximum Gasteiger partial charge on any atom is 0.214 e. The number of fused-ring (bicyclic) bond motifs is 1. The molecule has 1 aromatic carbocycles. The maximum absolute atomic E-state index is 6.20. The smallest absolute Gasteiger partial charge is 0.214 e. The molecule has 2 heterocycles. The molecule has 2 aromatic rings. The minimum atomic E-state index is -0.163. The Morgan fingerprint density at radius 2 is 1.95 bits per heavy atom. The van der Waals surface area contributed by atoms with Crippen molar-refractivity contribution in [1.82, 2.24) is 14.9 Å². The molecule has 0 spiro atoms. The Balaban J connectivity index is 1.90. The predicted octanol–water partition coefficient (Wildman–Crippen LogP) is 3.24. The number of hydrogen-bond donors (Lipinski definition) is 2. The number of nitrogens with zero attached hydrogens (tertiary/aromatic N) is 3. The highest BCUT2D eigenvalue weighted by molar-refractivity contribution is 8.02. The van der Waals surface area contributed by atoms with Crippen molar-refractivity contribution < 1.29 is 0 Å². The topological polar surface area (TPSA) is 68.8 Å². The third-order valence-electron chi connectivity index (χ3n) is 3.34. The van der Waals surface area contributed by atoms with Crippen LogP contribution in [0.5, 0.6) is 0 Å². The molecule has 0 saturated carbocycles. The maximum atomic E-state index is 6.20. The van der Waals surface area contributed by atoms with Gasteiger partial charge in [0.25, 0.3) is 0 Å². The van der Waals surface area contributed by atoms with Crippen molar-refractivity contribution in [2.75, 3.05) is 5.43 Å². The molecule has 0 aliphatic carbocycles. The number of nitrogens with one attached hydrogen (secondary N) is 1. The van der Waals surface area contributed by atoms with Crippen LogP contribution in [-0.4, -0.2) is 14.9 Å². The molecule has 1 aliphatic rings. The summed E-state index contributed by atoms with van der Waals surface area (Å²) in [6.07, 6.45) is 0. The van der Waals surface area contributed by atoms with E-state index in [1.807, 2.05) is 34.3 Å². The van der Waals surface area contributed by atoms with Crippen molar-refractivity contribution in [1.29, 1.82) is 0 Å². The molecular formula is C14H16ClN5S. The van der Waals surface area contributed by atoms with E-state index >= 15 is 0 Å². The van der Waals surface area contributed by atoms with Crippen molar-refractivity contribution in [2.45, 2.75) is 25.0 Å². The summed E-state index contributed by atoms with van der Waals surface area (Å²) in [5, 5.41) is 11.9. The molecule has 5 nitrogen and oxygen atoms in total. The summed E-state index contributed by atoms with van der Waals surface area (Å²) in [6, 6.07) is 7.51. The number of thioether (sulfide) groups is 1. The second-order valence-corrected chi connectivity index (χ2v) is 6.49. The minimum absolute atomic E-state index is 0.163. The van der Waals surface area contributed by atoms with Gasteiger partial charge in [-0.2, -0.15) is 0 Å². The first-order valence-corrected chi connectivity index (χ1v) is 7.92. The molecule has 3 rings (SSSR count). The Hall–Kier alpha value is -1.50. The van der Waals surface area contributed by atoms with Crippen LogP contribution in [0.2, 0.25) is 5.02 Å². The van der Waals surface area contributed by atoms with Gasteiger partial charge in [0.05, 0.1) is 11.7 Å². The van der Waals surface area contributed by atoms with Crippen LogP contribution in [0.1, 0.15) is 31.3 Å². The van der Waals surface area contributed by atoms with E-state index in [9.17, 15) is 0 Å². The second-order valence-electron chi connectivity index (χ2n) is 5.21. The quantitative estimate of drug-likeness (QED) is 0.908. The van der Waals surface area contributed by atoms with Gasteiger partial charge in [-0.05, 0) is 18.1 Å². The van der Waals surface area contributed by atoms with Crippen molar-refractivity contribution in [3.8, 4) is 0 Å². The lowest BCUT2D eigenvalue weighted by Gasteiger charge is -2.22. The highest BCUT2D eigenvalue weighted by atomic mass is 35.5. The van der Waals surface area contributed by atoms with E-state index in [0.717, 1.165) is 27.3 Å². The zero-order valence-electron chi connectivity index (χ0n) is 11.7. The molecule has 0 saturated heterocycles. The van der Waals surface area contributed by atoms with E-state index < -0.39 is 0 Å². The fraction of sp³-hybridized carbons (Fsp3) is 0.286. The fourth-order valence-electron chi connectivity index (χ4n) is 2.00. The number of benzene rings is 1. The SMILES string of the molecule is CC(C)[C@H](N)c1nnc2n1NC(c1ccc(Cl)cc1)=CS2. The molecule has 3 N–H and O–H groups in total. The number of halogens is 1. The van der Waals surface area contributed by atoms with Crippen LogP contribution in [-0.2, 0) is 0 Å². The summed E-state index contributed by atoms with van der Waals surface area (Å²) >= 11 is 7.45. The van der Waals surface area contributed by atoms with Gasteiger partial charge in [-0.15, -0.1) is 10.2 Å². The van der Waals surface area contributed by atoms with Gasteiger partial charge in [0, 0.05) is 16.0 Å². The van der Waals surface area contributed by atoms with Crippen molar-refractivity contribution in [3.05, 3.63) is 46.1 Å². The number of aromatic nitrogens is 3. The molecule has 0 fully saturated rings. The van der Waals surface area contributed by atoms with Gasteiger partial charge in [0.1, 0.15) is 0 Å². The summed E-state index contributed by atoms with van der Waals surface area (Å²) in [7, 11) is 0. The second kappa shape index (κ2) is 5.71. The average molecular weight is 322 g/mol. The van der Waals surface area contributed by atoms with Gasteiger partial charge in [0.2, 0.25) is 5.16 Å². The summed E-state index contributed by atoms with van der Waals surface area (Å²) < 4.78 is 1.86. The molecule has 0 unspecified atom stereocenters. The number of rotatable bonds is 3. The van der Waals surface area contributed by atoms with E-state index in [2.05, 4.69) is 29.5 Å². The zero-order valence-corrected chi connectivity index (χ0v) is 13.3. The van der Waals surface area contributed by atoms with Gasteiger partial charge in [-0.1, -0.05) is 49.3 Å². The molecule has 1 aromatic heterocycles. The largest absolute Gasteiger partial charge is 0.321 e. The van der Waals surface area contributed by atoms with Crippen LogP contribution in [0.4, 0.5) is 0 Å². The molecule has 1 atom stereocenters. The highest BCUT2D eigenvalue weighted by Crippen LogP contribution is 2.30. The summed E-state index contributed by atoms with van der Waals surface area (Å²) in [6.45, 7) is 4.14. The van der Waals surface area contributed by atoms with Gasteiger partial charge >= 0.3 is 0 Å². The summed E-state index contributed by atoms with van der Waals surface area (Å²) in [5.74, 6) is 1.03. The van der Waals surface area contributed by atoms with Crippen LogP contribution in [0.3, 0.4) is 0 Å². The molecule has 21 heavy (non-hydrogen) atoms. The normalized spacial score (nSPS) is 15.4. The molecule has 7 heteroatoms. The van der Waals surface area contributed by atoms with E-state index in [-0.39, 0.29) is 12.0 Å². The Kier molecular flexibility index (Phi) is 3.93. The molecule has 0 radical (unpaired) electrons. The van der Waals surface area contributed by atoms with Gasteiger partial charge in [0.15, 0.2) is 5.82 Å². The molecule has 0 bridgehead atoms. The first-order valence-electron chi connectivity index (χ1n) is 6.67. The Morgan fingerprint density at radius 1 is 1.24 bits per heavy atom. The highest BCUT2D eigenvalue weighted by Gasteiger charge is 2.23. The standard InChI is InChI=1S/C14H16ClN5S/c1-8(2)12(16)13-17-18-14-20(13)19-11(7-21-14)9-3-5-10(15)6-4-9/h3-8,12,19H,16H2,1-2H3/t12-/m0/s1. The third kappa shape index (κ3) is 2.79. The Bertz CT molecular complexity index is 677. The molecule has 0 amide bonds. The Labute approximate surface area is 132 Å². The van der Waals surface area contributed by atoms with Crippen molar-refractivity contribution in [2.24, 2.45) is 11.7 Å². The van der Waals surface area contributed by atoms with E-state index in [1.54, 1.807) is 0 Å². The predicted molar refractivity (Wildman–Crippen MR) is 86.4 cm³/mol. The van der Waals surface area contributed by atoms with Gasteiger partial charge in [-0.25, -0.2) is 4.68 Å². The lowest BCUT2D eigenvalue weighted by molar-refractivity contribution is 0.476. The summed E-state index contributed by atoms with van der Waals surface area (Å²) in [5.41, 5.74) is 11.6. The van der Waals surface area contributed by atoms with Crippen molar-refractivity contribution >= 4 is 29.1 Å². The first-order chi connectivity index (χ1) is 10.1. The van der Waals surface area contributed by atoms with Crippen LogP contribution in [0.25, 0.3) is 5.70 Å². The van der Waals surface area contributed by atoms with Crippen LogP contribution >= 0.6 is 23.4 Å². The Morgan fingerprint density at radius 3 is 2.62 bits per heavy atom. The minimum Gasteiger partial charge on any atom is -0.321 e. The lowest BCUT2D eigenvalue weighted by atomic mass is 10.1. The van der Waals surface area contributed by atoms with E-state index in [1.165, 1.54) is 11.8 Å². The summed E-state index contributed by atoms with van der Waals surface area (Å²) in [4.78, 5) is 0. The lowest BCUT2D eigenvalue weighted by Crippen LogP contribution is -2.27. The monoisotopic (exact) mass is 321 g/mol. The molecule has 110 valence electrons. The zero-order chi connectivity index (χ0) is 15.0. The van der Waals surface area contributed by atoms with Gasteiger partial charge in [-0.3, -0.25) is 5.43 Å². The van der Waals surface area contributed by atoms with E-state index in [4.69, 9.17) is 17.3 Å². The average Bonchev–Trinajstić information content (AvgIpc) is 2.90. The van der Waals surface area contributed by atoms with Crippen LogP contribution in [0.15, 0.2) is 34.8 Å². The fourth-order valence-corrected chi connectivity index (χ4v) is 2.87. The first kappa shape index (κ1) is 14.4. The molecular weight excluding hydrogens is 306 g/mol. The number of nitrogens with two attached hydrogens (primary N) is 1. The third-order valence-corrected chi connectivity index (χ3v) is 4.43. The van der Waals surface area contributed by atoms with Gasteiger partial charge < -0.3 is 5.73 Å².